The SMILES string of the molecule is Cc1ccccc1C(CC(=O)c1ccc(=O)n(C)c1)c1ccc(C(=O)NC(C)(C)CO)cc1. The maximum absolute atomic E-state index is 13.1. The molecule has 0 fully saturated rings. The number of amides is 1. The molecule has 0 aliphatic heterocycles. The molecule has 0 aliphatic carbocycles. The summed E-state index contributed by atoms with van der Waals surface area (Å²) in [5.74, 6) is -0.540. The number of Topliss-reactive ketones (excluding diaryl/α,β-unsaturated/α-hetero) is 1. The fraction of sp³-hybridized carbons (Fsp3) is 0.296. The number of aromatic nitrogens is 1. The second-order valence-electron chi connectivity index (χ2n) is 9.02. The molecule has 3 aromatic rings. The van der Waals surface area contributed by atoms with E-state index in [-0.39, 0.29) is 36.2 Å². The van der Waals surface area contributed by atoms with Crippen LogP contribution in [0.5, 0.6) is 0 Å². The molecule has 0 spiro atoms. The Bertz CT molecular complexity index is 1210. The number of aliphatic hydroxyl groups is 1. The van der Waals surface area contributed by atoms with Gasteiger partial charge >= 0.3 is 0 Å². The van der Waals surface area contributed by atoms with Gasteiger partial charge in [-0.15, -0.1) is 0 Å². The molecule has 0 aliphatic rings. The predicted molar refractivity (Wildman–Crippen MR) is 129 cm³/mol. The third-order valence-corrected chi connectivity index (χ3v) is 5.78. The second-order valence-corrected chi connectivity index (χ2v) is 9.02. The summed E-state index contributed by atoms with van der Waals surface area (Å²) < 4.78 is 1.40. The first-order valence-electron chi connectivity index (χ1n) is 10.9. The summed E-state index contributed by atoms with van der Waals surface area (Å²) in [5.41, 5.74) is 3.10. The second kappa shape index (κ2) is 9.96. The zero-order valence-corrected chi connectivity index (χ0v) is 19.5. The zero-order valence-electron chi connectivity index (χ0n) is 19.5. The van der Waals surface area contributed by atoms with E-state index in [4.69, 9.17) is 0 Å². The number of hydrogen-bond acceptors (Lipinski definition) is 4. The third-order valence-electron chi connectivity index (χ3n) is 5.78. The molecule has 1 amide bonds. The summed E-state index contributed by atoms with van der Waals surface area (Å²) in [6.45, 7) is 5.34. The molecule has 0 bridgehead atoms. The van der Waals surface area contributed by atoms with Crippen LogP contribution in [0.25, 0.3) is 0 Å². The lowest BCUT2D eigenvalue weighted by atomic mass is 9.83. The molecule has 6 nitrogen and oxygen atoms in total. The number of carbonyl (C=O) groups is 2. The van der Waals surface area contributed by atoms with Crippen LogP contribution in [-0.4, -0.2) is 33.5 Å². The summed E-state index contributed by atoms with van der Waals surface area (Å²) in [5, 5.41) is 12.2. The highest BCUT2D eigenvalue weighted by molar-refractivity contribution is 5.97. The van der Waals surface area contributed by atoms with Gasteiger partial charge in [0.1, 0.15) is 0 Å². The molecule has 2 N–H and O–H groups in total. The van der Waals surface area contributed by atoms with E-state index in [1.165, 1.54) is 10.6 Å². The van der Waals surface area contributed by atoms with Crippen LogP contribution in [0.2, 0.25) is 0 Å². The van der Waals surface area contributed by atoms with Gasteiger partial charge in [0.05, 0.1) is 12.1 Å². The van der Waals surface area contributed by atoms with Crippen LogP contribution in [0.4, 0.5) is 0 Å². The number of pyridine rings is 1. The Morgan fingerprint density at radius 1 is 1.00 bits per heavy atom. The van der Waals surface area contributed by atoms with E-state index < -0.39 is 5.54 Å². The maximum Gasteiger partial charge on any atom is 0.251 e. The first-order valence-corrected chi connectivity index (χ1v) is 10.9. The Labute approximate surface area is 193 Å². The monoisotopic (exact) mass is 446 g/mol. The van der Waals surface area contributed by atoms with Crippen LogP contribution in [0, 0.1) is 6.92 Å². The van der Waals surface area contributed by atoms with Crippen molar-refractivity contribution >= 4 is 11.7 Å². The van der Waals surface area contributed by atoms with Gasteiger partial charge in [0.15, 0.2) is 5.78 Å². The third kappa shape index (κ3) is 5.84. The Morgan fingerprint density at radius 3 is 2.24 bits per heavy atom. The van der Waals surface area contributed by atoms with Gasteiger partial charge in [0.25, 0.3) is 5.91 Å². The molecule has 1 atom stereocenters. The number of benzene rings is 2. The minimum Gasteiger partial charge on any atom is -0.394 e. The lowest BCUT2D eigenvalue weighted by molar-refractivity contribution is 0.0868. The number of rotatable bonds is 8. The lowest BCUT2D eigenvalue weighted by Gasteiger charge is -2.24. The molecular formula is C27H30N2O4. The highest BCUT2D eigenvalue weighted by atomic mass is 16.3. The van der Waals surface area contributed by atoms with Gasteiger partial charge in [0, 0.05) is 42.8 Å². The molecule has 0 saturated heterocycles. The molecular weight excluding hydrogens is 416 g/mol. The lowest BCUT2D eigenvalue weighted by Crippen LogP contribution is -2.46. The standard InChI is InChI=1S/C27H30N2O4/c1-18-7-5-6-8-22(18)23(15-24(31)21-13-14-25(32)29(4)16-21)19-9-11-20(12-10-19)26(33)28-27(2,3)17-30/h5-14,16,23,30H,15,17H2,1-4H3,(H,28,33). The fourth-order valence-electron chi connectivity index (χ4n) is 3.73. The number of aliphatic hydroxyl groups excluding tert-OH is 1. The van der Waals surface area contributed by atoms with E-state index in [2.05, 4.69) is 5.32 Å². The van der Waals surface area contributed by atoms with Crippen molar-refractivity contribution in [2.24, 2.45) is 7.05 Å². The van der Waals surface area contributed by atoms with Crippen molar-refractivity contribution in [3.63, 3.8) is 0 Å². The van der Waals surface area contributed by atoms with Gasteiger partial charge in [-0.2, -0.15) is 0 Å². The minimum atomic E-state index is -0.721. The van der Waals surface area contributed by atoms with Gasteiger partial charge in [-0.25, -0.2) is 0 Å². The highest BCUT2D eigenvalue weighted by Gasteiger charge is 2.23. The molecule has 33 heavy (non-hydrogen) atoms. The number of carbonyl (C=O) groups excluding carboxylic acids is 2. The van der Waals surface area contributed by atoms with Gasteiger partial charge in [-0.3, -0.25) is 14.4 Å². The first-order chi connectivity index (χ1) is 15.6. The smallest absolute Gasteiger partial charge is 0.251 e. The summed E-state index contributed by atoms with van der Waals surface area (Å²) in [7, 11) is 1.62. The van der Waals surface area contributed by atoms with E-state index in [0.717, 1.165) is 16.7 Å². The van der Waals surface area contributed by atoms with Gasteiger partial charge in [0.2, 0.25) is 5.56 Å². The molecule has 1 unspecified atom stereocenters. The molecule has 0 saturated carbocycles. The molecule has 2 aromatic carbocycles. The van der Waals surface area contributed by atoms with Crippen LogP contribution in [-0.2, 0) is 7.05 Å². The van der Waals surface area contributed by atoms with E-state index in [1.54, 1.807) is 45.3 Å². The summed E-state index contributed by atoms with van der Waals surface area (Å²) in [6.07, 6.45) is 1.79. The highest BCUT2D eigenvalue weighted by Crippen LogP contribution is 2.32. The fourth-order valence-corrected chi connectivity index (χ4v) is 3.73. The van der Waals surface area contributed by atoms with Crippen molar-refractivity contribution in [2.45, 2.75) is 38.6 Å². The maximum atomic E-state index is 13.1. The molecule has 1 aromatic heterocycles. The first kappa shape index (κ1) is 24.1. The number of ketones is 1. The van der Waals surface area contributed by atoms with Crippen molar-refractivity contribution in [3.8, 4) is 0 Å². The van der Waals surface area contributed by atoms with E-state index >= 15 is 0 Å². The van der Waals surface area contributed by atoms with Crippen LogP contribution < -0.4 is 10.9 Å². The van der Waals surface area contributed by atoms with Crippen LogP contribution in [0.1, 0.15) is 63.6 Å². The van der Waals surface area contributed by atoms with Crippen molar-refractivity contribution in [1.82, 2.24) is 9.88 Å². The van der Waals surface area contributed by atoms with E-state index in [0.29, 0.717) is 11.1 Å². The molecule has 0 radical (unpaired) electrons. The zero-order chi connectivity index (χ0) is 24.2. The summed E-state index contributed by atoms with van der Waals surface area (Å²) >= 11 is 0. The summed E-state index contributed by atoms with van der Waals surface area (Å²) in [6, 6.07) is 18.1. The number of hydrogen-bond donors (Lipinski definition) is 2. The average Bonchev–Trinajstić information content (AvgIpc) is 2.79. The summed E-state index contributed by atoms with van der Waals surface area (Å²) in [4.78, 5) is 37.4. The quantitative estimate of drug-likeness (QED) is 0.518. The molecule has 1 heterocycles. The van der Waals surface area contributed by atoms with Gasteiger partial charge < -0.3 is 15.0 Å². The number of aryl methyl sites for hydroxylation is 2. The van der Waals surface area contributed by atoms with Crippen molar-refractivity contribution in [3.05, 3.63) is 105 Å². The van der Waals surface area contributed by atoms with Gasteiger partial charge in [-0.05, 0) is 55.7 Å². The topological polar surface area (TPSA) is 88.4 Å². The van der Waals surface area contributed by atoms with Crippen molar-refractivity contribution < 1.29 is 14.7 Å². The van der Waals surface area contributed by atoms with Crippen LogP contribution >= 0.6 is 0 Å². The van der Waals surface area contributed by atoms with Crippen LogP contribution in [0.15, 0.2) is 71.7 Å². The minimum absolute atomic E-state index is 0.0645. The number of nitrogens with zero attached hydrogens (tertiary/aromatic N) is 1. The van der Waals surface area contributed by atoms with Crippen molar-refractivity contribution in [2.75, 3.05) is 6.61 Å². The molecule has 6 heteroatoms. The van der Waals surface area contributed by atoms with Crippen molar-refractivity contribution in [1.29, 1.82) is 0 Å². The molecule has 172 valence electrons. The van der Waals surface area contributed by atoms with E-state index in [9.17, 15) is 19.5 Å². The average molecular weight is 447 g/mol. The number of nitrogens with one attached hydrogen (secondary N) is 1. The largest absolute Gasteiger partial charge is 0.394 e. The van der Waals surface area contributed by atoms with E-state index in [1.807, 2.05) is 43.3 Å². The Kier molecular flexibility index (Phi) is 7.29. The molecule has 3 rings (SSSR count). The van der Waals surface area contributed by atoms with Crippen LogP contribution in [0.3, 0.4) is 0 Å². The Morgan fingerprint density at radius 2 is 1.64 bits per heavy atom. The Hall–Kier alpha value is -3.51. The Balaban J connectivity index is 1.93. The normalized spacial score (nSPS) is 12.3. The predicted octanol–water partition coefficient (Wildman–Crippen LogP) is 3.60. The van der Waals surface area contributed by atoms with Gasteiger partial charge in [-0.1, -0.05) is 36.4 Å².